The molecule has 16 heavy (non-hydrogen) atoms. The molecule has 0 N–H and O–H groups in total. The van der Waals surface area contributed by atoms with E-state index in [0.29, 0.717) is 32.5 Å². The number of methoxy groups -OCH3 is 1. The minimum absolute atomic E-state index is 0.119. The van der Waals surface area contributed by atoms with Gasteiger partial charge in [-0.25, -0.2) is 4.98 Å². The zero-order valence-electron chi connectivity index (χ0n) is 9.27. The van der Waals surface area contributed by atoms with Gasteiger partial charge in [-0.15, -0.1) is 11.3 Å². The number of carbonyl (C=O) groups excluding carboxylic acids is 1. The van der Waals surface area contributed by atoms with Gasteiger partial charge in [-0.1, -0.05) is 0 Å². The minimum atomic E-state index is -0.649. The van der Waals surface area contributed by atoms with Gasteiger partial charge in [0, 0.05) is 44.7 Å². The summed E-state index contributed by atoms with van der Waals surface area (Å²) in [4.78, 5) is 16.3. The van der Waals surface area contributed by atoms with E-state index in [2.05, 4.69) is 4.98 Å². The summed E-state index contributed by atoms with van der Waals surface area (Å²) in [6, 6.07) is 0. The summed E-state index contributed by atoms with van der Waals surface area (Å²) in [5.74, 6) is 0.119. The zero-order chi connectivity index (χ0) is 11.4. The summed E-state index contributed by atoms with van der Waals surface area (Å²) in [6.45, 7) is 1.19. The monoisotopic (exact) mass is 241 g/mol. The molecule has 5 heteroatoms. The number of hydrogen-bond donors (Lipinski definition) is 0. The molecular weight excluding hydrogens is 226 g/mol. The highest BCUT2D eigenvalue weighted by atomic mass is 32.1. The van der Waals surface area contributed by atoms with Crippen molar-refractivity contribution in [2.45, 2.75) is 24.9 Å². The lowest BCUT2D eigenvalue weighted by atomic mass is 9.88. The number of thiazole rings is 1. The van der Waals surface area contributed by atoms with Gasteiger partial charge in [-0.2, -0.15) is 0 Å². The molecular formula is C11H15NO3S. The average Bonchev–Trinajstić information content (AvgIpc) is 2.82. The van der Waals surface area contributed by atoms with Gasteiger partial charge in [-0.3, -0.25) is 4.79 Å². The fourth-order valence-corrected chi connectivity index (χ4v) is 2.55. The van der Waals surface area contributed by atoms with Gasteiger partial charge >= 0.3 is 0 Å². The molecule has 1 aliphatic heterocycles. The second kappa shape index (κ2) is 5.03. The Labute approximate surface area is 98.6 Å². The highest BCUT2D eigenvalue weighted by molar-refractivity contribution is 7.09. The maximum Gasteiger partial charge on any atom is 0.171 e. The second-order valence-electron chi connectivity index (χ2n) is 3.84. The van der Waals surface area contributed by atoms with Gasteiger partial charge in [0.25, 0.3) is 0 Å². The summed E-state index contributed by atoms with van der Waals surface area (Å²) >= 11 is 1.51. The number of ether oxygens (including phenoxy) is 2. The Balaban J connectivity index is 2.06. The van der Waals surface area contributed by atoms with E-state index in [1.54, 1.807) is 13.3 Å². The van der Waals surface area contributed by atoms with Crippen molar-refractivity contribution in [2.24, 2.45) is 0 Å². The summed E-state index contributed by atoms with van der Waals surface area (Å²) < 4.78 is 10.7. The number of nitrogens with zero attached hydrogens (tertiary/aromatic N) is 1. The molecule has 0 bridgehead atoms. The van der Waals surface area contributed by atoms with Crippen LogP contribution in [0.25, 0.3) is 0 Å². The molecule has 0 saturated carbocycles. The van der Waals surface area contributed by atoms with E-state index in [-0.39, 0.29) is 5.78 Å². The molecule has 2 rings (SSSR count). The number of rotatable bonds is 4. The number of Topliss-reactive ketones (excluding diaryl/α,β-unsaturated/α-hetero) is 1. The number of carbonyl (C=O) groups is 1. The molecule has 1 fully saturated rings. The molecule has 2 heterocycles. The Hall–Kier alpha value is -0.780. The minimum Gasteiger partial charge on any atom is -0.381 e. The lowest BCUT2D eigenvalue weighted by molar-refractivity contribution is -0.151. The third-order valence-corrected chi connectivity index (χ3v) is 3.77. The summed E-state index contributed by atoms with van der Waals surface area (Å²) in [7, 11) is 1.60. The van der Waals surface area contributed by atoms with Gasteiger partial charge in [0.05, 0.1) is 11.4 Å². The summed E-state index contributed by atoms with van der Waals surface area (Å²) in [6.07, 6.45) is 3.38. The SMILES string of the molecule is COC1(C(=O)Cc2nccs2)CCOCC1. The number of ketones is 1. The Bertz CT molecular complexity index is 344. The van der Waals surface area contributed by atoms with Crippen molar-refractivity contribution >= 4 is 17.1 Å². The largest absolute Gasteiger partial charge is 0.381 e. The molecule has 88 valence electrons. The number of hydrogen-bond acceptors (Lipinski definition) is 5. The Morgan fingerprint density at radius 3 is 2.94 bits per heavy atom. The molecule has 0 radical (unpaired) electrons. The van der Waals surface area contributed by atoms with Crippen molar-refractivity contribution in [1.82, 2.24) is 4.98 Å². The molecule has 0 spiro atoms. The predicted molar refractivity (Wildman–Crippen MR) is 60.6 cm³/mol. The maximum atomic E-state index is 12.2. The lowest BCUT2D eigenvalue weighted by Gasteiger charge is -2.34. The first-order valence-corrected chi connectivity index (χ1v) is 6.19. The lowest BCUT2D eigenvalue weighted by Crippen LogP contribution is -2.46. The molecule has 4 nitrogen and oxygen atoms in total. The normalized spacial score (nSPS) is 19.6. The van der Waals surface area contributed by atoms with E-state index in [1.807, 2.05) is 5.38 Å². The van der Waals surface area contributed by atoms with E-state index < -0.39 is 5.60 Å². The Kier molecular flexibility index (Phi) is 3.68. The van der Waals surface area contributed by atoms with Crippen molar-refractivity contribution in [2.75, 3.05) is 20.3 Å². The standard InChI is InChI=1S/C11H15NO3S/c1-14-11(2-5-15-6-3-11)9(13)8-10-12-4-7-16-10/h4,7H,2-3,5-6,8H2,1H3. The van der Waals surface area contributed by atoms with Crippen LogP contribution in [0.3, 0.4) is 0 Å². The van der Waals surface area contributed by atoms with Crippen LogP contribution in [0.15, 0.2) is 11.6 Å². The molecule has 1 aliphatic rings. The van der Waals surface area contributed by atoms with Crippen LogP contribution in [0.4, 0.5) is 0 Å². The fraction of sp³-hybridized carbons (Fsp3) is 0.636. The first-order chi connectivity index (χ1) is 7.77. The topological polar surface area (TPSA) is 48.4 Å². The fourth-order valence-electron chi connectivity index (χ4n) is 1.94. The maximum absolute atomic E-state index is 12.2. The highest BCUT2D eigenvalue weighted by Crippen LogP contribution is 2.27. The van der Waals surface area contributed by atoms with E-state index in [9.17, 15) is 4.79 Å². The van der Waals surface area contributed by atoms with Crippen LogP contribution in [0, 0.1) is 0 Å². The highest BCUT2D eigenvalue weighted by Gasteiger charge is 2.39. The molecule has 1 saturated heterocycles. The van der Waals surface area contributed by atoms with Crippen molar-refractivity contribution in [3.63, 3.8) is 0 Å². The third kappa shape index (κ3) is 2.31. The van der Waals surface area contributed by atoms with Crippen LogP contribution in [0.2, 0.25) is 0 Å². The molecule has 0 unspecified atom stereocenters. The molecule has 0 atom stereocenters. The average molecular weight is 241 g/mol. The van der Waals surface area contributed by atoms with Crippen LogP contribution in [0.1, 0.15) is 17.8 Å². The van der Waals surface area contributed by atoms with E-state index in [4.69, 9.17) is 9.47 Å². The summed E-state index contributed by atoms with van der Waals surface area (Å²) in [5, 5.41) is 2.74. The van der Waals surface area contributed by atoms with E-state index in [0.717, 1.165) is 5.01 Å². The molecule has 0 aliphatic carbocycles. The van der Waals surface area contributed by atoms with E-state index >= 15 is 0 Å². The zero-order valence-corrected chi connectivity index (χ0v) is 10.1. The van der Waals surface area contributed by atoms with Crippen molar-refractivity contribution in [1.29, 1.82) is 0 Å². The second-order valence-corrected chi connectivity index (χ2v) is 4.82. The van der Waals surface area contributed by atoms with Crippen LogP contribution >= 0.6 is 11.3 Å². The van der Waals surface area contributed by atoms with Crippen LogP contribution in [-0.2, 0) is 20.7 Å². The van der Waals surface area contributed by atoms with Gasteiger partial charge in [0.15, 0.2) is 5.78 Å². The molecule has 0 amide bonds. The van der Waals surface area contributed by atoms with Crippen molar-refractivity contribution < 1.29 is 14.3 Å². The van der Waals surface area contributed by atoms with Gasteiger partial charge in [0.2, 0.25) is 0 Å². The molecule has 1 aromatic heterocycles. The summed E-state index contributed by atoms with van der Waals surface area (Å²) in [5.41, 5.74) is -0.649. The molecule has 1 aromatic rings. The van der Waals surface area contributed by atoms with Crippen molar-refractivity contribution in [3.05, 3.63) is 16.6 Å². The first kappa shape index (κ1) is 11.7. The molecule has 0 aromatic carbocycles. The quantitative estimate of drug-likeness (QED) is 0.800. The number of aromatic nitrogens is 1. The van der Waals surface area contributed by atoms with Gasteiger partial charge in [-0.05, 0) is 0 Å². The van der Waals surface area contributed by atoms with Crippen molar-refractivity contribution in [3.8, 4) is 0 Å². The van der Waals surface area contributed by atoms with Crippen LogP contribution in [0.5, 0.6) is 0 Å². The van der Waals surface area contributed by atoms with Crippen LogP contribution in [-0.4, -0.2) is 36.7 Å². The Morgan fingerprint density at radius 1 is 1.62 bits per heavy atom. The van der Waals surface area contributed by atoms with Gasteiger partial charge in [0.1, 0.15) is 5.60 Å². The first-order valence-electron chi connectivity index (χ1n) is 5.31. The van der Waals surface area contributed by atoms with Crippen LogP contribution < -0.4 is 0 Å². The van der Waals surface area contributed by atoms with Gasteiger partial charge < -0.3 is 9.47 Å². The van der Waals surface area contributed by atoms with E-state index in [1.165, 1.54) is 11.3 Å². The third-order valence-electron chi connectivity index (χ3n) is 2.99. The Morgan fingerprint density at radius 2 is 2.38 bits per heavy atom. The predicted octanol–water partition coefficient (Wildman–Crippen LogP) is 1.45. The smallest absolute Gasteiger partial charge is 0.171 e.